The fraction of sp³-hybridized carbons (Fsp3) is 0.263. The van der Waals surface area contributed by atoms with Gasteiger partial charge in [0, 0.05) is 31.5 Å². The maximum absolute atomic E-state index is 12.3. The SMILES string of the molecule is O=C(NCc1ccc(N2CCOCC2)cc1)c1cc2ccccn2n1. The number of carbonyl (C=O) groups is 1. The van der Waals surface area contributed by atoms with Crippen LogP contribution in [0.3, 0.4) is 0 Å². The fourth-order valence-electron chi connectivity index (χ4n) is 2.97. The van der Waals surface area contributed by atoms with Crippen molar-refractivity contribution in [3.8, 4) is 0 Å². The van der Waals surface area contributed by atoms with Crippen LogP contribution in [0.5, 0.6) is 0 Å². The molecule has 1 saturated heterocycles. The summed E-state index contributed by atoms with van der Waals surface area (Å²) in [6.45, 7) is 3.87. The third-order valence-electron chi connectivity index (χ3n) is 4.37. The van der Waals surface area contributed by atoms with Crippen molar-refractivity contribution in [1.82, 2.24) is 14.9 Å². The molecule has 3 aromatic rings. The van der Waals surface area contributed by atoms with Gasteiger partial charge in [0.25, 0.3) is 5.91 Å². The second kappa shape index (κ2) is 6.94. The van der Waals surface area contributed by atoms with Gasteiger partial charge in [-0.1, -0.05) is 18.2 Å². The minimum atomic E-state index is -0.166. The third-order valence-corrected chi connectivity index (χ3v) is 4.37. The Morgan fingerprint density at radius 3 is 2.68 bits per heavy atom. The van der Waals surface area contributed by atoms with Gasteiger partial charge in [-0.25, -0.2) is 4.52 Å². The van der Waals surface area contributed by atoms with Gasteiger partial charge in [0.15, 0.2) is 5.69 Å². The highest BCUT2D eigenvalue weighted by Gasteiger charge is 2.12. The van der Waals surface area contributed by atoms with E-state index < -0.39 is 0 Å². The van der Waals surface area contributed by atoms with E-state index in [1.165, 1.54) is 5.69 Å². The lowest BCUT2D eigenvalue weighted by atomic mass is 10.2. The van der Waals surface area contributed by atoms with Crippen LogP contribution in [0.4, 0.5) is 5.69 Å². The van der Waals surface area contributed by atoms with Crippen LogP contribution < -0.4 is 10.2 Å². The molecule has 1 N–H and O–H groups in total. The number of ether oxygens (including phenoxy) is 1. The average Bonchev–Trinajstić information content (AvgIpc) is 3.11. The molecule has 1 aliphatic heterocycles. The maximum atomic E-state index is 12.3. The number of amides is 1. The van der Waals surface area contributed by atoms with Gasteiger partial charge in [0.1, 0.15) is 0 Å². The molecule has 1 fully saturated rings. The van der Waals surface area contributed by atoms with Gasteiger partial charge in [-0.05, 0) is 35.9 Å². The van der Waals surface area contributed by atoms with Crippen LogP contribution in [-0.4, -0.2) is 41.8 Å². The van der Waals surface area contributed by atoms with Crippen molar-refractivity contribution >= 4 is 17.1 Å². The number of carbonyl (C=O) groups excluding carboxylic acids is 1. The van der Waals surface area contributed by atoms with Crippen molar-refractivity contribution in [2.24, 2.45) is 0 Å². The van der Waals surface area contributed by atoms with Crippen molar-refractivity contribution in [2.75, 3.05) is 31.2 Å². The minimum absolute atomic E-state index is 0.166. The zero-order chi connectivity index (χ0) is 17.1. The lowest BCUT2D eigenvalue weighted by Gasteiger charge is -2.28. The van der Waals surface area contributed by atoms with Gasteiger partial charge in [-0.2, -0.15) is 5.10 Å². The van der Waals surface area contributed by atoms with Crippen molar-refractivity contribution < 1.29 is 9.53 Å². The predicted octanol–water partition coefficient (Wildman–Crippen LogP) is 2.10. The molecule has 1 aromatic carbocycles. The van der Waals surface area contributed by atoms with Crippen LogP contribution in [0.25, 0.3) is 5.52 Å². The fourth-order valence-corrected chi connectivity index (χ4v) is 2.97. The lowest BCUT2D eigenvalue weighted by molar-refractivity contribution is 0.0945. The molecule has 25 heavy (non-hydrogen) atoms. The topological polar surface area (TPSA) is 58.9 Å². The van der Waals surface area contributed by atoms with Gasteiger partial charge in [0.2, 0.25) is 0 Å². The number of benzene rings is 1. The Balaban J connectivity index is 1.38. The molecule has 1 aliphatic rings. The first kappa shape index (κ1) is 15.7. The molecule has 6 heteroatoms. The molecular weight excluding hydrogens is 316 g/mol. The zero-order valence-corrected chi connectivity index (χ0v) is 13.9. The van der Waals surface area contributed by atoms with Gasteiger partial charge in [-0.15, -0.1) is 0 Å². The second-order valence-corrected chi connectivity index (χ2v) is 6.05. The molecular formula is C19H20N4O2. The van der Waals surface area contributed by atoms with Crippen molar-refractivity contribution in [3.05, 3.63) is 66.0 Å². The van der Waals surface area contributed by atoms with E-state index >= 15 is 0 Å². The Morgan fingerprint density at radius 2 is 1.92 bits per heavy atom. The molecule has 0 aliphatic carbocycles. The van der Waals surface area contributed by atoms with E-state index in [1.54, 1.807) is 10.6 Å². The molecule has 0 unspecified atom stereocenters. The summed E-state index contributed by atoms with van der Waals surface area (Å²) in [6.07, 6.45) is 1.83. The number of nitrogens with zero attached hydrogens (tertiary/aromatic N) is 3. The Hall–Kier alpha value is -2.86. The summed E-state index contributed by atoms with van der Waals surface area (Å²) >= 11 is 0. The van der Waals surface area contributed by atoms with E-state index in [9.17, 15) is 4.79 Å². The summed E-state index contributed by atoms with van der Waals surface area (Å²) in [5.74, 6) is -0.166. The second-order valence-electron chi connectivity index (χ2n) is 6.05. The van der Waals surface area contributed by atoms with Crippen LogP contribution in [-0.2, 0) is 11.3 Å². The normalized spacial score (nSPS) is 14.6. The molecule has 2 aromatic heterocycles. The van der Waals surface area contributed by atoms with E-state index in [-0.39, 0.29) is 5.91 Å². The smallest absolute Gasteiger partial charge is 0.272 e. The molecule has 0 spiro atoms. The number of fused-ring (bicyclic) bond motifs is 1. The highest BCUT2D eigenvalue weighted by atomic mass is 16.5. The number of morpholine rings is 1. The number of nitrogens with one attached hydrogen (secondary N) is 1. The molecule has 1 amide bonds. The predicted molar refractivity (Wildman–Crippen MR) is 95.8 cm³/mol. The summed E-state index contributed by atoms with van der Waals surface area (Å²) in [6, 6.07) is 15.8. The van der Waals surface area contributed by atoms with Crippen molar-refractivity contribution in [3.63, 3.8) is 0 Å². The number of pyridine rings is 1. The maximum Gasteiger partial charge on any atom is 0.272 e. The summed E-state index contributed by atoms with van der Waals surface area (Å²) < 4.78 is 7.08. The Bertz CT molecular complexity index is 834. The monoisotopic (exact) mass is 336 g/mol. The first-order chi connectivity index (χ1) is 12.3. The number of rotatable bonds is 4. The van der Waals surface area contributed by atoms with Crippen molar-refractivity contribution in [1.29, 1.82) is 0 Å². The molecule has 6 nitrogen and oxygen atoms in total. The lowest BCUT2D eigenvalue weighted by Crippen LogP contribution is -2.36. The first-order valence-electron chi connectivity index (χ1n) is 8.44. The largest absolute Gasteiger partial charge is 0.378 e. The van der Waals surface area contributed by atoms with Crippen LogP contribution in [0, 0.1) is 0 Å². The molecule has 0 saturated carbocycles. The molecule has 0 radical (unpaired) electrons. The van der Waals surface area contributed by atoms with E-state index in [0.29, 0.717) is 12.2 Å². The highest BCUT2D eigenvalue weighted by Crippen LogP contribution is 2.16. The number of anilines is 1. The van der Waals surface area contributed by atoms with Gasteiger partial charge < -0.3 is 15.0 Å². The van der Waals surface area contributed by atoms with Crippen LogP contribution >= 0.6 is 0 Å². The molecule has 4 rings (SSSR count). The van der Waals surface area contributed by atoms with E-state index in [0.717, 1.165) is 37.4 Å². The van der Waals surface area contributed by atoms with E-state index in [2.05, 4.69) is 39.6 Å². The number of hydrogen-bond donors (Lipinski definition) is 1. The van der Waals surface area contributed by atoms with Crippen molar-refractivity contribution in [2.45, 2.75) is 6.54 Å². The standard InChI is InChI=1S/C19H20N4O2/c24-19(18-13-17-3-1-2-8-23(17)21-18)20-14-15-4-6-16(7-5-15)22-9-11-25-12-10-22/h1-8,13H,9-12,14H2,(H,20,24). The highest BCUT2D eigenvalue weighted by molar-refractivity contribution is 5.93. The van der Waals surface area contributed by atoms with E-state index in [1.807, 2.05) is 24.4 Å². The minimum Gasteiger partial charge on any atom is -0.378 e. The van der Waals surface area contributed by atoms with Gasteiger partial charge in [0.05, 0.1) is 18.7 Å². The van der Waals surface area contributed by atoms with Crippen LogP contribution in [0.15, 0.2) is 54.7 Å². The zero-order valence-electron chi connectivity index (χ0n) is 13.9. The molecule has 128 valence electrons. The molecule has 3 heterocycles. The number of hydrogen-bond acceptors (Lipinski definition) is 4. The summed E-state index contributed by atoms with van der Waals surface area (Å²) in [5, 5.41) is 7.21. The Kier molecular flexibility index (Phi) is 4.35. The average molecular weight is 336 g/mol. The summed E-state index contributed by atoms with van der Waals surface area (Å²) in [5.41, 5.74) is 3.59. The van der Waals surface area contributed by atoms with Gasteiger partial charge >= 0.3 is 0 Å². The Morgan fingerprint density at radius 1 is 1.12 bits per heavy atom. The van der Waals surface area contributed by atoms with Crippen LogP contribution in [0.2, 0.25) is 0 Å². The summed E-state index contributed by atoms with van der Waals surface area (Å²) in [7, 11) is 0. The Labute approximate surface area is 146 Å². The summed E-state index contributed by atoms with van der Waals surface area (Å²) in [4.78, 5) is 14.6. The number of aromatic nitrogens is 2. The van der Waals surface area contributed by atoms with Crippen LogP contribution in [0.1, 0.15) is 16.1 Å². The molecule has 0 atom stereocenters. The first-order valence-corrected chi connectivity index (χ1v) is 8.44. The third kappa shape index (κ3) is 3.49. The quantitative estimate of drug-likeness (QED) is 0.793. The molecule has 0 bridgehead atoms. The van der Waals surface area contributed by atoms with Gasteiger partial charge in [-0.3, -0.25) is 4.79 Å². The van der Waals surface area contributed by atoms with E-state index in [4.69, 9.17) is 4.74 Å².